The second kappa shape index (κ2) is 9.55. The number of benzene rings is 2. The van der Waals surface area contributed by atoms with Gasteiger partial charge in [0, 0.05) is 6.54 Å². The molecule has 1 aliphatic heterocycles. The van der Waals surface area contributed by atoms with Gasteiger partial charge in [0.2, 0.25) is 0 Å². The summed E-state index contributed by atoms with van der Waals surface area (Å²) in [6, 6.07) is 11.5. The lowest BCUT2D eigenvalue weighted by Gasteiger charge is -2.25. The van der Waals surface area contributed by atoms with Crippen LogP contribution in [-0.4, -0.2) is 49.1 Å². The van der Waals surface area contributed by atoms with Crippen molar-refractivity contribution < 1.29 is 28.9 Å². The number of ketones is 1. The molecule has 1 heterocycles. The molecule has 1 unspecified atom stereocenters. The smallest absolute Gasteiger partial charge is 0.295 e. The molecule has 7 nitrogen and oxygen atoms in total. The lowest BCUT2D eigenvalue weighted by molar-refractivity contribution is -0.139. The van der Waals surface area contributed by atoms with E-state index in [9.17, 15) is 14.7 Å². The molecule has 1 fully saturated rings. The minimum atomic E-state index is -0.738. The van der Waals surface area contributed by atoms with Gasteiger partial charge in [0.15, 0.2) is 0 Å². The molecule has 2 aromatic carbocycles. The lowest BCUT2D eigenvalue weighted by atomic mass is 9.94. The van der Waals surface area contributed by atoms with Gasteiger partial charge < -0.3 is 24.2 Å². The molecule has 31 heavy (non-hydrogen) atoms. The van der Waals surface area contributed by atoms with Crippen LogP contribution in [0, 0.1) is 0 Å². The number of likely N-dealkylation sites (tertiary alicyclic amines) is 1. The fourth-order valence-corrected chi connectivity index (χ4v) is 3.83. The minimum Gasteiger partial charge on any atom is -0.506 e. The first kappa shape index (κ1) is 22.2. The zero-order valence-electron chi connectivity index (χ0n) is 18.2. The first-order valence-corrected chi connectivity index (χ1v) is 10.2. The number of carbonyl (C=O) groups is 2. The molecular weight excluding hydrogens is 398 g/mol. The van der Waals surface area contributed by atoms with Gasteiger partial charge in [-0.2, -0.15) is 0 Å². The Hall–Kier alpha value is -3.48. The molecule has 164 valence electrons. The van der Waals surface area contributed by atoms with E-state index < -0.39 is 17.7 Å². The third-order valence-electron chi connectivity index (χ3n) is 5.18. The Labute approximate surface area is 181 Å². The normalized spacial score (nSPS) is 17.7. The SMILES string of the molecule is CCCN1C(=O)C(=O)/C(=C(/O)c2c(OC)cccc2OC)C1c1ccc(OCC)cc1. The molecule has 1 saturated heterocycles. The molecule has 0 aliphatic carbocycles. The summed E-state index contributed by atoms with van der Waals surface area (Å²) in [6.07, 6.45) is 0.665. The van der Waals surface area contributed by atoms with Gasteiger partial charge in [-0.25, -0.2) is 0 Å². The van der Waals surface area contributed by atoms with Crippen molar-refractivity contribution in [3.05, 3.63) is 59.2 Å². The van der Waals surface area contributed by atoms with Crippen molar-refractivity contribution >= 4 is 17.4 Å². The van der Waals surface area contributed by atoms with Gasteiger partial charge in [-0.1, -0.05) is 25.1 Å². The monoisotopic (exact) mass is 425 g/mol. The van der Waals surface area contributed by atoms with Crippen LogP contribution in [0.3, 0.4) is 0 Å². The number of nitrogens with zero attached hydrogens (tertiary/aromatic N) is 1. The number of aliphatic hydroxyl groups excluding tert-OH is 1. The summed E-state index contributed by atoms with van der Waals surface area (Å²) in [5.41, 5.74) is 0.940. The molecule has 1 atom stereocenters. The highest BCUT2D eigenvalue weighted by atomic mass is 16.5. The molecule has 7 heteroatoms. The predicted molar refractivity (Wildman–Crippen MR) is 116 cm³/mol. The average Bonchev–Trinajstić information content (AvgIpc) is 3.04. The number of rotatable bonds is 8. The first-order chi connectivity index (χ1) is 15.0. The largest absolute Gasteiger partial charge is 0.506 e. The summed E-state index contributed by atoms with van der Waals surface area (Å²) in [5.74, 6) is -0.350. The highest BCUT2D eigenvalue weighted by Crippen LogP contribution is 2.43. The van der Waals surface area contributed by atoms with Gasteiger partial charge >= 0.3 is 0 Å². The van der Waals surface area contributed by atoms with Crippen LogP contribution >= 0.6 is 0 Å². The van der Waals surface area contributed by atoms with Crippen LogP contribution in [0.5, 0.6) is 17.2 Å². The Bertz CT molecular complexity index is 973. The number of aliphatic hydroxyl groups is 1. The third kappa shape index (κ3) is 4.08. The summed E-state index contributed by atoms with van der Waals surface area (Å²) < 4.78 is 16.3. The van der Waals surface area contributed by atoms with E-state index in [0.29, 0.717) is 42.4 Å². The minimum absolute atomic E-state index is 0.00501. The average molecular weight is 425 g/mol. The van der Waals surface area contributed by atoms with Crippen LogP contribution in [0.4, 0.5) is 0 Å². The molecule has 0 bridgehead atoms. The van der Waals surface area contributed by atoms with E-state index in [1.807, 2.05) is 13.8 Å². The van der Waals surface area contributed by atoms with Crippen LogP contribution in [0.1, 0.15) is 37.4 Å². The molecule has 0 aromatic heterocycles. The maximum atomic E-state index is 13.0. The molecule has 0 radical (unpaired) electrons. The second-order valence-corrected chi connectivity index (χ2v) is 7.03. The van der Waals surface area contributed by atoms with Gasteiger partial charge in [-0.3, -0.25) is 9.59 Å². The number of ether oxygens (including phenoxy) is 3. The fraction of sp³-hybridized carbons (Fsp3) is 0.333. The lowest BCUT2D eigenvalue weighted by Crippen LogP contribution is -2.30. The zero-order valence-corrected chi connectivity index (χ0v) is 18.2. The Kier molecular flexibility index (Phi) is 6.84. The third-order valence-corrected chi connectivity index (χ3v) is 5.18. The topological polar surface area (TPSA) is 85.3 Å². The van der Waals surface area contributed by atoms with Gasteiger partial charge in [0.1, 0.15) is 28.6 Å². The van der Waals surface area contributed by atoms with Crippen molar-refractivity contribution in [2.45, 2.75) is 26.3 Å². The molecule has 1 aliphatic rings. The van der Waals surface area contributed by atoms with Gasteiger partial charge in [-0.05, 0) is 43.2 Å². The van der Waals surface area contributed by atoms with Gasteiger partial charge in [-0.15, -0.1) is 0 Å². The Balaban J connectivity index is 2.22. The van der Waals surface area contributed by atoms with E-state index >= 15 is 0 Å². The molecular formula is C24H27NO6. The number of methoxy groups -OCH3 is 2. The van der Waals surface area contributed by atoms with E-state index in [1.165, 1.54) is 19.1 Å². The number of carbonyl (C=O) groups excluding carboxylic acids is 2. The van der Waals surface area contributed by atoms with Crippen molar-refractivity contribution in [1.82, 2.24) is 4.90 Å². The van der Waals surface area contributed by atoms with Crippen LogP contribution in [0.25, 0.3) is 5.76 Å². The summed E-state index contributed by atoms with van der Waals surface area (Å²) in [7, 11) is 2.93. The maximum Gasteiger partial charge on any atom is 0.295 e. The fourth-order valence-electron chi connectivity index (χ4n) is 3.83. The highest BCUT2D eigenvalue weighted by Gasteiger charge is 2.46. The van der Waals surface area contributed by atoms with E-state index in [-0.39, 0.29) is 16.9 Å². The first-order valence-electron chi connectivity index (χ1n) is 10.2. The van der Waals surface area contributed by atoms with E-state index in [2.05, 4.69) is 0 Å². The summed E-state index contributed by atoms with van der Waals surface area (Å²) in [6.45, 7) is 4.73. The number of hydrogen-bond acceptors (Lipinski definition) is 6. The Morgan fingerprint density at radius 2 is 1.61 bits per heavy atom. The van der Waals surface area contributed by atoms with Gasteiger partial charge in [0.25, 0.3) is 11.7 Å². The number of amides is 1. The summed E-state index contributed by atoms with van der Waals surface area (Å²) in [4.78, 5) is 27.4. The number of Topliss-reactive ketones (excluding diaryl/α,β-unsaturated/α-hetero) is 1. The zero-order chi connectivity index (χ0) is 22.5. The predicted octanol–water partition coefficient (Wildman–Crippen LogP) is 3.93. The Morgan fingerprint density at radius 3 is 2.13 bits per heavy atom. The van der Waals surface area contributed by atoms with Crippen molar-refractivity contribution in [2.24, 2.45) is 0 Å². The summed E-state index contributed by atoms with van der Waals surface area (Å²) >= 11 is 0. The standard InChI is InChI=1S/C24H27NO6/c1-5-14-25-21(15-10-12-16(13-11-15)31-6-2)20(23(27)24(25)28)22(26)19-17(29-3)8-7-9-18(19)30-4/h7-13,21,26H,5-6,14H2,1-4H3/b22-20+. The highest BCUT2D eigenvalue weighted by molar-refractivity contribution is 6.46. The van der Waals surface area contributed by atoms with Crippen LogP contribution in [0.2, 0.25) is 0 Å². The van der Waals surface area contributed by atoms with Crippen molar-refractivity contribution in [3.63, 3.8) is 0 Å². The second-order valence-electron chi connectivity index (χ2n) is 7.03. The number of hydrogen-bond donors (Lipinski definition) is 1. The van der Waals surface area contributed by atoms with E-state index in [0.717, 1.165) is 0 Å². The molecule has 0 saturated carbocycles. The van der Waals surface area contributed by atoms with Crippen LogP contribution in [-0.2, 0) is 9.59 Å². The molecule has 0 spiro atoms. The van der Waals surface area contributed by atoms with E-state index in [4.69, 9.17) is 14.2 Å². The quantitative estimate of drug-likeness (QED) is 0.392. The van der Waals surface area contributed by atoms with Crippen molar-refractivity contribution in [3.8, 4) is 17.2 Å². The molecule has 1 amide bonds. The van der Waals surface area contributed by atoms with E-state index in [1.54, 1.807) is 42.5 Å². The molecule has 1 N–H and O–H groups in total. The van der Waals surface area contributed by atoms with Crippen molar-refractivity contribution in [2.75, 3.05) is 27.4 Å². The van der Waals surface area contributed by atoms with Crippen molar-refractivity contribution in [1.29, 1.82) is 0 Å². The maximum absolute atomic E-state index is 13.0. The van der Waals surface area contributed by atoms with Gasteiger partial charge in [0.05, 0.1) is 32.4 Å². The Morgan fingerprint density at radius 1 is 1.00 bits per heavy atom. The van der Waals surface area contributed by atoms with Crippen LogP contribution in [0.15, 0.2) is 48.0 Å². The molecule has 2 aromatic rings. The summed E-state index contributed by atoms with van der Waals surface area (Å²) in [5, 5.41) is 11.3. The van der Waals surface area contributed by atoms with Crippen LogP contribution < -0.4 is 14.2 Å². The molecule has 3 rings (SSSR count).